The van der Waals surface area contributed by atoms with Crippen LogP contribution >= 0.6 is 0 Å². The van der Waals surface area contributed by atoms with Gasteiger partial charge in [-0.2, -0.15) is 0 Å². The summed E-state index contributed by atoms with van der Waals surface area (Å²) in [5, 5.41) is 10.8. The maximum Gasteiger partial charge on any atom is 0.242 e. The molecular weight excluding hydrogens is 843 g/mol. The van der Waals surface area contributed by atoms with Crippen molar-refractivity contribution in [3.8, 4) is 28.2 Å². The molecule has 7 aromatic carbocycles. The second kappa shape index (κ2) is 17.2. The first-order chi connectivity index (χ1) is 30.9. The van der Waals surface area contributed by atoms with E-state index in [0.717, 1.165) is 65.2 Å². The fourth-order valence-electron chi connectivity index (χ4n) is 9.38. The quantitative estimate of drug-likeness (QED) is 0.0328. The van der Waals surface area contributed by atoms with Gasteiger partial charge in [0.2, 0.25) is 15.4 Å². The largest absolute Gasteiger partial charge is 0.744 e. The first-order valence-corrected chi connectivity index (χ1v) is 24.8. The highest BCUT2D eigenvalue weighted by molar-refractivity contribution is 7.89. The monoisotopic (exact) mass is 893 g/mol. The minimum absolute atomic E-state index is 0.103. The zero-order chi connectivity index (χ0) is 44.9. The third-order valence-electron chi connectivity index (χ3n) is 12.7. The Hall–Kier alpha value is -6.05. The van der Waals surface area contributed by atoms with Crippen LogP contribution in [-0.4, -0.2) is 72.1 Å². The molecule has 1 heterocycles. The van der Waals surface area contributed by atoms with Crippen LogP contribution in [0.2, 0.25) is 0 Å². The van der Waals surface area contributed by atoms with E-state index in [0.29, 0.717) is 47.3 Å². The molecule has 0 spiro atoms. The number of nitrogens with zero attached hydrogens (tertiary/aromatic N) is 3. The molecule has 7 aromatic rings. The topological polar surface area (TPSA) is 123 Å². The SMILES string of the molecule is CCN(CC)c1ccc2c(-c3ccc(S(=O)(=O)N(C)CCCCOc4ccc5ccc6c7ccccc7cc7ccc4c5c76)cc3S(=O)(=O)[O-])c3ccc(=[N+](CC)CC)cc-3oc2c1. The lowest BCUT2D eigenvalue weighted by atomic mass is 9.91. The molecule has 0 saturated heterocycles. The van der Waals surface area contributed by atoms with Gasteiger partial charge in [0.05, 0.1) is 22.5 Å². The maximum absolute atomic E-state index is 14.1. The first-order valence-electron chi connectivity index (χ1n) is 22.0. The Labute approximate surface area is 374 Å². The van der Waals surface area contributed by atoms with E-state index in [1.54, 1.807) is 0 Å². The third-order valence-corrected chi connectivity index (χ3v) is 15.5. The predicted octanol–water partition coefficient (Wildman–Crippen LogP) is 10.3. The van der Waals surface area contributed by atoms with Gasteiger partial charge in [-0.25, -0.2) is 25.7 Å². The summed E-state index contributed by atoms with van der Waals surface area (Å²) >= 11 is 0. The van der Waals surface area contributed by atoms with E-state index in [2.05, 4.69) is 97.8 Å². The smallest absolute Gasteiger partial charge is 0.242 e. The zero-order valence-corrected chi connectivity index (χ0v) is 38.4. The van der Waals surface area contributed by atoms with Gasteiger partial charge in [-0.1, -0.05) is 54.6 Å². The van der Waals surface area contributed by atoms with Gasteiger partial charge in [0, 0.05) is 77.4 Å². The average molecular weight is 894 g/mol. The van der Waals surface area contributed by atoms with Crippen molar-refractivity contribution in [3.05, 3.63) is 127 Å². The normalized spacial score (nSPS) is 12.5. The molecule has 0 N–H and O–H groups in total. The van der Waals surface area contributed by atoms with Crippen LogP contribution in [0.1, 0.15) is 40.5 Å². The molecule has 328 valence electrons. The number of anilines is 1. The van der Waals surface area contributed by atoms with E-state index in [4.69, 9.17) is 9.15 Å². The lowest BCUT2D eigenvalue weighted by Crippen LogP contribution is -2.29. The van der Waals surface area contributed by atoms with Crippen LogP contribution in [0, 0.1) is 0 Å². The van der Waals surface area contributed by atoms with Crippen molar-refractivity contribution < 1.29 is 30.5 Å². The summed E-state index contributed by atoms with van der Waals surface area (Å²) in [5.41, 5.74) is 2.60. The third kappa shape index (κ3) is 7.61. The van der Waals surface area contributed by atoms with Crippen molar-refractivity contribution in [2.45, 2.75) is 50.3 Å². The van der Waals surface area contributed by atoms with Gasteiger partial charge in [0.25, 0.3) is 0 Å². The Bertz CT molecular complexity index is 3500. The van der Waals surface area contributed by atoms with Crippen LogP contribution in [0.25, 0.3) is 76.5 Å². The summed E-state index contributed by atoms with van der Waals surface area (Å²) in [4.78, 5) is 1.27. The highest BCUT2D eigenvalue weighted by atomic mass is 32.2. The molecule has 0 fully saturated rings. The van der Waals surface area contributed by atoms with Crippen LogP contribution < -0.4 is 19.6 Å². The highest BCUT2D eigenvalue weighted by Crippen LogP contribution is 2.44. The van der Waals surface area contributed by atoms with Crippen molar-refractivity contribution in [1.29, 1.82) is 0 Å². The average Bonchev–Trinajstić information content (AvgIpc) is 3.30. The molecule has 9 rings (SSSR count). The molecule has 0 aromatic heterocycles. The maximum atomic E-state index is 14.1. The Kier molecular flexibility index (Phi) is 11.6. The number of hydrogen-bond acceptors (Lipinski definition) is 8. The molecule has 0 radical (unpaired) electrons. The Balaban J connectivity index is 0.987. The molecule has 0 amide bonds. The molecule has 2 aliphatic rings. The van der Waals surface area contributed by atoms with Gasteiger partial charge < -0.3 is 18.6 Å². The molecule has 10 nitrogen and oxygen atoms in total. The first kappa shape index (κ1) is 43.2. The standard InChI is InChI=1S/C52H51N3O7S2/c1-6-54(7-2)37-19-24-43-47(31-37)62-48-32-38(55(8-3)9-4)20-25-44(48)52(43)45-26-21-39(33-49(45)64(58,59)60)63(56,57)53(5)28-12-13-29-61-46-27-18-34-16-22-41-40-15-11-10-14-35(40)30-36-17-23-42(46)50(34)51(36)41/h10-11,14-27,30-33H,6-9,12-13,28-29H2,1-5H3. The lowest BCUT2D eigenvalue weighted by molar-refractivity contribution is 0.304. The Morgan fingerprint density at radius 1 is 0.656 bits per heavy atom. The fraction of sp³-hybridized carbons (Fsp3) is 0.250. The number of unbranched alkanes of at least 4 members (excludes halogenated alkanes) is 1. The minimum Gasteiger partial charge on any atom is -0.744 e. The van der Waals surface area contributed by atoms with Gasteiger partial charge >= 0.3 is 0 Å². The van der Waals surface area contributed by atoms with Crippen LogP contribution in [0.5, 0.6) is 5.75 Å². The Morgan fingerprint density at radius 3 is 2.12 bits per heavy atom. The summed E-state index contributed by atoms with van der Waals surface area (Å²) in [6.45, 7) is 11.9. The van der Waals surface area contributed by atoms with E-state index in [1.165, 1.54) is 50.4 Å². The number of rotatable bonds is 15. The second-order valence-electron chi connectivity index (χ2n) is 16.3. The van der Waals surface area contributed by atoms with Crippen molar-refractivity contribution in [3.63, 3.8) is 0 Å². The molecule has 0 bridgehead atoms. The number of hydrogen-bond donors (Lipinski definition) is 0. The Morgan fingerprint density at radius 2 is 1.36 bits per heavy atom. The predicted molar refractivity (Wildman–Crippen MR) is 258 cm³/mol. The highest BCUT2D eigenvalue weighted by Gasteiger charge is 2.27. The van der Waals surface area contributed by atoms with E-state index in [1.807, 2.05) is 42.5 Å². The minimum atomic E-state index is -5.18. The summed E-state index contributed by atoms with van der Waals surface area (Å²) in [7, 11) is -7.92. The summed E-state index contributed by atoms with van der Waals surface area (Å²) in [6.07, 6.45) is 1.05. The van der Waals surface area contributed by atoms with Crippen LogP contribution in [-0.2, 0) is 20.1 Å². The van der Waals surface area contributed by atoms with Crippen LogP contribution in [0.15, 0.2) is 136 Å². The van der Waals surface area contributed by atoms with E-state index in [-0.39, 0.29) is 17.0 Å². The number of sulfonamides is 1. The molecule has 64 heavy (non-hydrogen) atoms. The summed E-state index contributed by atoms with van der Waals surface area (Å²) < 4.78 is 83.9. The van der Waals surface area contributed by atoms with Crippen molar-refractivity contribution >= 4 is 79.9 Å². The van der Waals surface area contributed by atoms with Gasteiger partial charge in [-0.3, -0.25) is 0 Å². The molecule has 1 aliphatic carbocycles. The van der Waals surface area contributed by atoms with Crippen molar-refractivity contribution in [2.24, 2.45) is 0 Å². The van der Waals surface area contributed by atoms with Crippen LogP contribution in [0.4, 0.5) is 5.69 Å². The van der Waals surface area contributed by atoms with E-state index < -0.39 is 25.0 Å². The zero-order valence-electron chi connectivity index (χ0n) is 36.7. The van der Waals surface area contributed by atoms with Gasteiger partial charge in [0.1, 0.15) is 40.3 Å². The molecule has 12 heteroatoms. The molecular formula is C52H51N3O7S2. The van der Waals surface area contributed by atoms with Crippen molar-refractivity contribution in [2.75, 3.05) is 51.3 Å². The summed E-state index contributed by atoms with van der Waals surface area (Å²) in [5.74, 6) is 1.27. The van der Waals surface area contributed by atoms with E-state index in [9.17, 15) is 21.4 Å². The second-order valence-corrected chi connectivity index (χ2v) is 19.7. The fourth-order valence-corrected chi connectivity index (χ4v) is 11.4. The van der Waals surface area contributed by atoms with Crippen molar-refractivity contribution in [1.82, 2.24) is 8.88 Å². The van der Waals surface area contributed by atoms with Gasteiger partial charge in [-0.15, -0.1) is 0 Å². The van der Waals surface area contributed by atoms with Gasteiger partial charge in [-0.05, 0) is 121 Å². The lowest BCUT2D eigenvalue weighted by Gasteiger charge is -2.23. The number of benzene rings is 8. The molecule has 1 aliphatic heterocycles. The molecule has 0 unspecified atom stereocenters. The summed E-state index contributed by atoms with van der Waals surface area (Å²) in [6, 6.07) is 38.6. The number of fused-ring (bicyclic) bond motifs is 4. The molecule has 0 atom stereocenters. The number of ether oxygens (including phenoxy) is 1. The molecule has 0 saturated carbocycles. The van der Waals surface area contributed by atoms with Gasteiger partial charge in [0.15, 0.2) is 0 Å². The van der Waals surface area contributed by atoms with E-state index >= 15 is 0 Å². The van der Waals surface area contributed by atoms with Crippen LogP contribution in [0.3, 0.4) is 0 Å².